The van der Waals surface area contributed by atoms with Crippen LogP contribution in [0.5, 0.6) is 0 Å². The molecule has 0 heterocycles. The van der Waals surface area contributed by atoms with E-state index in [2.05, 4.69) is 11.9 Å². The maximum atomic E-state index is 9.87. The van der Waals surface area contributed by atoms with Crippen LogP contribution in [0.1, 0.15) is 6.42 Å². The summed E-state index contributed by atoms with van der Waals surface area (Å²) in [6.45, 7) is 3.01. The first kappa shape index (κ1) is 13.2. The van der Waals surface area contributed by atoms with E-state index >= 15 is 0 Å². The Labute approximate surface area is 70.7 Å². The number of carboxylic acids is 2. The Kier molecular flexibility index (Phi) is 8.55. The molecule has 0 aromatic rings. The summed E-state index contributed by atoms with van der Waals surface area (Å²) in [7, 11) is 3.75. The van der Waals surface area contributed by atoms with Gasteiger partial charge in [0.2, 0.25) is 0 Å². The van der Waals surface area contributed by atoms with Gasteiger partial charge in [0.1, 0.15) is 0 Å². The molecule has 0 unspecified atom stereocenters. The van der Waals surface area contributed by atoms with Crippen molar-refractivity contribution in [3.8, 4) is 0 Å². The van der Waals surface area contributed by atoms with E-state index in [0.29, 0.717) is 0 Å². The SMILES string of the molecule is C=C(CC(=O)O)C(=O)O.CNC. The normalized spacial score (nSPS) is 7.83. The van der Waals surface area contributed by atoms with Crippen molar-refractivity contribution in [2.45, 2.75) is 6.42 Å². The molecule has 0 saturated heterocycles. The lowest BCUT2D eigenvalue weighted by atomic mass is 10.2. The lowest BCUT2D eigenvalue weighted by molar-refractivity contribution is -0.139. The molecule has 5 heteroatoms. The molecule has 0 aliphatic rings. The van der Waals surface area contributed by atoms with Gasteiger partial charge in [-0.25, -0.2) is 4.79 Å². The number of aliphatic carboxylic acids is 2. The topological polar surface area (TPSA) is 86.6 Å². The minimum absolute atomic E-state index is 0.303. The Balaban J connectivity index is 0. The summed E-state index contributed by atoms with van der Waals surface area (Å²) in [5.41, 5.74) is -0.303. The van der Waals surface area contributed by atoms with Crippen molar-refractivity contribution in [2.75, 3.05) is 14.1 Å². The van der Waals surface area contributed by atoms with E-state index in [0.717, 1.165) is 0 Å². The second kappa shape index (κ2) is 7.74. The molecule has 3 N–H and O–H groups in total. The van der Waals surface area contributed by atoms with E-state index in [9.17, 15) is 9.59 Å². The molecule has 0 atom stereocenters. The Hall–Kier alpha value is -1.36. The Morgan fingerprint density at radius 1 is 1.33 bits per heavy atom. The van der Waals surface area contributed by atoms with Crippen LogP contribution in [0, 0.1) is 0 Å². The summed E-state index contributed by atoms with van der Waals surface area (Å²) in [4.78, 5) is 19.7. The summed E-state index contributed by atoms with van der Waals surface area (Å²) < 4.78 is 0. The molecule has 0 saturated carbocycles. The fourth-order valence-corrected chi connectivity index (χ4v) is 0.258. The van der Waals surface area contributed by atoms with Crippen molar-refractivity contribution in [3.63, 3.8) is 0 Å². The minimum Gasteiger partial charge on any atom is -0.481 e. The van der Waals surface area contributed by atoms with Crippen LogP contribution >= 0.6 is 0 Å². The second-order valence-corrected chi connectivity index (χ2v) is 1.98. The maximum Gasteiger partial charge on any atom is 0.331 e. The summed E-state index contributed by atoms with van der Waals surface area (Å²) in [5.74, 6) is -2.44. The molecule has 5 nitrogen and oxygen atoms in total. The third kappa shape index (κ3) is 11.4. The van der Waals surface area contributed by atoms with Gasteiger partial charge in [0, 0.05) is 5.57 Å². The van der Waals surface area contributed by atoms with Crippen LogP contribution in [0.4, 0.5) is 0 Å². The Bertz CT molecular complexity index is 176. The van der Waals surface area contributed by atoms with Crippen molar-refractivity contribution in [2.24, 2.45) is 0 Å². The van der Waals surface area contributed by atoms with Gasteiger partial charge in [-0.15, -0.1) is 0 Å². The van der Waals surface area contributed by atoms with Gasteiger partial charge in [-0.3, -0.25) is 4.79 Å². The summed E-state index contributed by atoms with van der Waals surface area (Å²) >= 11 is 0. The van der Waals surface area contributed by atoms with Gasteiger partial charge < -0.3 is 15.5 Å². The summed E-state index contributed by atoms with van der Waals surface area (Å²) in [6, 6.07) is 0. The summed E-state index contributed by atoms with van der Waals surface area (Å²) in [5, 5.41) is 18.8. The average Bonchev–Trinajstić information content (AvgIpc) is 1.87. The highest BCUT2D eigenvalue weighted by Crippen LogP contribution is 1.95. The Morgan fingerprint density at radius 3 is 1.75 bits per heavy atom. The standard InChI is InChI=1S/C5H6O4.C2H7N/c1-3(5(8)9)2-4(6)7;1-3-2/h1-2H2,(H,6,7)(H,8,9);3H,1-2H3. The first-order chi connectivity index (χ1) is 5.45. The van der Waals surface area contributed by atoms with Crippen LogP contribution in [0.25, 0.3) is 0 Å². The molecule has 0 aromatic heterocycles. The second-order valence-electron chi connectivity index (χ2n) is 1.98. The fourth-order valence-electron chi connectivity index (χ4n) is 0.258. The number of hydrogen-bond donors (Lipinski definition) is 3. The number of nitrogens with one attached hydrogen (secondary N) is 1. The van der Waals surface area contributed by atoms with Crippen LogP contribution in [-0.4, -0.2) is 36.2 Å². The van der Waals surface area contributed by atoms with Crippen molar-refractivity contribution in [1.82, 2.24) is 5.32 Å². The highest BCUT2D eigenvalue weighted by Gasteiger charge is 2.07. The van der Waals surface area contributed by atoms with E-state index in [1.165, 1.54) is 0 Å². The number of carbonyl (C=O) groups is 2. The summed E-state index contributed by atoms with van der Waals surface area (Å²) in [6.07, 6.45) is -0.505. The van der Waals surface area contributed by atoms with Crippen LogP contribution in [-0.2, 0) is 9.59 Å². The third-order valence-electron chi connectivity index (χ3n) is 0.667. The van der Waals surface area contributed by atoms with E-state index in [-0.39, 0.29) is 5.57 Å². The van der Waals surface area contributed by atoms with Crippen LogP contribution in [0.2, 0.25) is 0 Å². The lowest BCUT2D eigenvalue weighted by Crippen LogP contribution is -2.04. The molecule has 0 aliphatic heterocycles. The molecule has 0 rings (SSSR count). The van der Waals surface area contributed by atoms with Gasteiger partial charge in [0.25, 0.3) is 0 Å². The van der Waals surface area contributed by atoms with Gasteiger partial charge >= 0.3 is 11.9 Å². The maximum absolute atomic E-state index is 9.87. The molecule has 0 amide bonds. The predicted molar refractivity (Wildman–Crippen MR) is 44.0 cm³/mol. The average molecular weight is 175 g/mol. The van der Waals surface area contributed by atoms with Crippen molar-refractivity contribution in [1.29, 1.82) is 0 Å². The van der Waals surface area contributed by atoms with E-state index < -0.39 is 18.4 Å². The van der Waals surface area contributed by atoms with Gasteiger partial charge in [-0.1, -0.05) is 6.58 Å². The molecule has 0 aromatic carbocycles. The third-order valence-corrected chi connectivity index (χ3v) is 0.667. The minimum atomic E-state index is -1.27. The van der Waals surface area contributed by atoms with Gasteiger partial charge in [0.15, 0.2) is 0 Å². The molecular formula is C7H13NO4. The zero-order valence-electron chi connectivity index (χ0n) is 7.13. The van der Waals surface area contributed by atoms with Crippen LogP contribution in [0.15, 0.2) is 12.2 Å². The van der Waals surface area contributed by atoms with E-state index in [4.69, 9.17) is 10.2 Å². The molecule has 0 aliphatic carbocycles. The quantitative estimate of drug-likeness (QED) is 0.523. The highest BCUT2D eigenvalue weighted by molar-refractivity contribution is 5.91. The molecule has 0 fully saturated rings. The van der Waals surface area contributed by atoms with Gasteiger partial charge in [-0.2, -0.15) is 0 Å². The van der Waals surface area contributed by atoms with Gasteiger partial charge in [-0.05, 0) is 14.1 Å². The molecule has 12 heavy (non-hydrogen) atoms. The molecule has 70 valence electrons. The number of carboxylic acid groups (broad SMARTS) is 2. The predicted octanol–water partition coefficient (Wildman–Crippen LogP) is -0.0625. The number of hydrogen-bond acceptors (Lipinski definition) is 3. The highest BCUT2D eigenvalue weighted by atomic mass is 16.4. The first-order valence-corrected chi connectivity index (χ1v) is 3.17. The zero-order valence-corrected chi connectivity index (χ0v) is 7.13. The zero-order chi connectivity index (χ0) is 10.1. The molecule has 0 bridgehead atoms. The van der Waals surface area contributed by atoms with Gasteiger partial charge in [0.05, 0.1) is 6.42 Å². The molecule has 0 radical (unpaired) electrons. The van der Waals surface area contributed by atoms with E-state index in [1.807, 2.05) is 14.1 Å². The first-order valence-electron chi connectivity index (χ1n) is 3.17. The number of rotatable bonds is 3. The monoisotopic (exact) mass is 175 g/mol. The largest absolute Gasteiger partial charge is 0.481 e. The molecular weight excluding hydrogens is 162 g/mol. The lowest BCUT2D eigenvalue weighted by Gasteiger charge is -1.91. The van der Waals surface area contributed by atoms with Crippen molar-refractivity contribution >= 4 is 11.9 Å². The van der Waals surface area contributed by atoms with Crippen molar-refractivity contribution in [3.05, 3.63) is 12.2 Å². The smallest absolute Gasteiger partial charge is 0.331 e. The van der Waals surface area contributed by atoms with Crippen molar-refractivity contribution < 1.29 is 19.8 Å². The van der Waals surface area contributed by atoms with Crippen LogP contribution in [0.3, 0.4) is 0 Å². The molecule has 0 spiro atoms. The van der Waals surface area contributed by atoms with Crippen LogP contribution < -0.4 is 5.32 Å². The fraction of sp³-hybridized carbons (Fsp3) is 0.429. The van der Waals surface area contributed by atoms with E-state index in [1.54, 1.807) is 0 Å². The Morgan fingerprint density at radius 2 is 1.67 bits per heavy atom.